The molecule has 1 aliphatic heterocycles. The lowest BCUT2D eigenvalue weighted by atomic mass is 10.0. The minimum Gasteiger partial charge on any atom is -0.508 e. The van der Waals surface area contributed by atoms with E-state index < -0.39 is 115 Å². The molecule has 1 heterocycles. The van der Waals surface area contributed by atoms with Crippen LogP contribution in [-0.4, -0.2) is 143 Å². The highest BCUT2D eigenvalue weighted by Crippen LogP contribution is 2.13. The molecule has 21 nitrogen and oxygen atoms in total. The molecule has 0 bridgehead atoms. The van der Waals surface area contributed by atoms with Crippen molar-refractivity contribution >= 4 is 65.0 Å². The molecular weight excluding hydrogens is 795 g/mol. The Balaban J connectivity index is 2.04. The number of nitrogens with one attached hydrogen (secondary N) is 8. The zero-order valence-corrected chi connectivity index (χ0v) is 34.3. The highest BCUT2D eigenvalue weighted by molar-refractivity contribution is 7.98. The number of aliphatic carboxylic acids is 1. The number of primary amides is 1. The number of thioether (sulfide) groups is 1. The SMILES string of the molecule is CSCC[C@H](NC(=O)[C@H](Cc1ccc(O)cc1)NC(=O)[C@@H](NC(=O)CNC(=O)[C@H](CO)NC(=O)[C@H](C)NC(=O)[C@H](CCC(N)=O)NC(=O)[C@@H]1CCCN1)C(C)C)C(=O)O. The first-order valence-corrected chi connectivity index (χ1v) is 20.5. The molecule has 0 radical (unpaired) electrons. The van der Waals surface area contributed by atoms with Gasteiger partial charge in [0.05, 0.1) is 19.2 Å². The topological polar surface area (TPSA) is 337 Å². The Hall–Kier alpha value is -5.48. The van der Waals surface area contributed by atoms with Crippen LogP contribution < -0.4 is 48.3 Å². The molecule has 328 valence electrons. The van der Waals surface area contributed by atoms with Crippen LogP contribution >= 0.6 is 11.8 Å². The number of aromatic hydroxyl groups is 1. The van der Waals surface area contributed by atoms with Crippen LogP contribution in [0.3, 0.4) is 0 Å². The number of rotatable bonds is 25. The number of amides is 8. The minimum absolute atomic E-state index is 0.0362. The molecule has 0 spiro atoms. The number of nitrogens with two attached hydrogens (primary N) is 1. The van der Waals surface area contributed by atoms with E-state index in [1.807, 2.05) is 0 Å². The number of carboxylic acid groups (broad SMARTS) is 1. The molecule has 59 heavy (non-hydrogen) atoms. The average molecular weight is 852 g/mol. The van der Waals surface area contributed by atoms with Gasteiger partial charge in [-0.25, -0.2) is 4.79 Å². The van der Waals surface area contributed by atoms with Crippen molar-refractivity contribution in [3.8, 4) is 5.75 Å². The normalized spacial score (nSPS) is 16.5. The maximum absolute atomic E-state index is 13.5. The Morgan fingerprint density at radius 2 is 1.42 bits per heavy atom. The Bertz CT molecular complexity index is 1640. The quantitative estimate of drug-likeness (QED) is 0.0454. The summed E-state index contributed by atoms with van der Waals surface area (Å²) in [7, 11) is 0. The second-order valence-corrected chi connectivity index (χ2v) is 15.3. The van der Waals surface area contributed by atoms with Crippen molar-refractivity contribution in [1.29, 1.82) is 0 Å². The fourth-order valence-corrected chi connectivity index (χ4v) is 6.23. The van der Waals surface area contributed by atoms with Gasteiger partial charge in [0.15, 0.2) is 0 Å². The van der Waals surface area contributed by atoms with Gasteiger partial charge in [-0.05, 0) is 74.8 Å². The van der Waals surface area contributed by atoms with Crippen LogP contribution in [0.5, 0.6) is 5.75 Å². The number of carboxylic acids is 1. The molecule has 0 aromatic heterocycles. The average Bonchev–Trinajstić information content (AvgIpc) is 3.73. The smallest absolute Gasteiger partial charge is 0.326 e. The van der Waals surface area contributed by atoms with E-state index in [1.165, 1.54) is 43.0 Å². The maximum Gasteiger partial charge on any atom is 0.326 e. The summed E-state index contributed by atoms with van der Waals surface area (Å²) in [6.07, 6.45) is 2.75. The van der Waals surface area contributed by atoms with Gasteiger partial charge in [-0.1, -0.05) is 26.0 Å². The Morgan fingerprint density at radius 3 is 1.98 bits per heavy atom. The Kier molecular flexibility index (Phi) is 21.1. The first kappa shape index (κ1) is 49.7. The van der Waals surface area contributed by atoms with Crippen LogP contribution in [-0.2, 0) is 49.6 Å². The fourth-order valence-electron chi connectivity index (χ4n) is 5.76. The van der Waals surface area contributed by atoms with Crippen LogP contribution in [0.2, 0.25) is 0 Å². The van der Waals surface area contributed by atoms with Gasteiger partial charge < -0.3 is 63.6 Å². The van der Waals surface area contributed by atoms with E-state index in [9.17, 15) is 58.5 Å². The summed E-state index contributed by atoms with van der Waals surface area (Å²) in [6, 6.07) is -2.58. The predicted octanol–water partition coefficient (Wildman–Crippen LogP) is -3.52. The summed E-state index contributed by atoms with van der Waals surface area (Å²) in [4.78, 5) is 115. The standard InChI is InChI=1S/C37H57N9O12S/c1-19(2)30(36(56)44-26(16-21-7-9-22(48)10-8-21)35(55)43-25(37(57)58)13-15-59-4)46-29(50)17-40-32(52)27(18-47)45-31(51)20(3)41-34(54)24(11-12-28(38)49)42-33(53)23-6-5-14-39-23/h7-10,19-20,23-27,30,39,47-48H,5-6,11-18H2,1-4H3,(H2,38,49)(H,40,52)(H,41,54)(H,42,53)(H,43,55)(H,44,56)(H,45,51)(H,46,50)(H,57,58)/t20-,23-,24-,25-,26-,27-,30-/m0/s1. The number of benzene rings is 1. The van der Waals surface area contributed by atoms with Gasteiger partial charge in [-0.3, -0.25) is 38.4 Å². The summed E-state index contributed by atoms with van der Waals surface area (Å²) in [5.74, 6) is -7.71. The van der Waals surface area contributed by atoms with Gasteiger partial charge in [-0.2, -0.15) is 11.8 Å². The third-order valence-corrected chi connectivity index (χ3v) is 9.82. The maximum atomic E-state index is 13.5. The zero-order valence-electron chi connectivity index (χ0n) is 33.5. The minimum atomic E-state index is -1.58. The van der Waals surface area contributed by atoms with Crippen molar-refractivity contribution in [2.75, 3.05) is 31.7 Å². The Morgan fingerprint density at radius 1 is 0.797 bits per heavy atom. The molecule has 0 aliphatic carbocycles. The molecule has 1 saturated heterocycles. The highest BCUT2D eigenvalue weighted by Gasteiger charge is 2.33. The van der Waals surface area contributed by atoms with Gasteiger partial charge in [0.1, 0.15) is 42.0 Å². The van der Waals surface area contributed by atoms with Crippen molar-refractivity contribution in [3.63, 3.8) is 0 Å². The second kappa shape index (κ2) is 25.1. The molecule has 2 rings (SSSR count). The predicted molar refractivity (Wildman–Crippen MR) is 214 cm³/mol. The number of carbonyl (C=O) groups is 9. The number of aliphatic hydroxyl groups excluding tert-OH is 1. The van der Waals surface area contributed by atoms with E-state index in [2.05, 4.69) is 42.5 Å². The monoisotopic (exact) mass is 851 g/mol. The van der Waals surface area contributed by atoms with Crippen LogP contribution in [0, 0.1) is 5.92 Å². The van der Waals surface area contributed by atoms with Crippen LogP contribution in [0.1, 0.15) is 58.4 Å². The first-order chi connectivity index (χ1) is 27.9. The van der Waals surface area contributed by atoms with Gasteiger partial charge in [0, 0.05) is 12.8 Å². The van der Waals surface area contributed by atoms with Crippen molar-refractivity contribution < 1.29 is 58.5 Å². The molecule has 13 N–H and O–H groups in total. The second-order valence-electron chi connectivity index (χ2n) is 14.3. The lowest BCUT2D eigenvalue weighted by molar-refractivity contribution is -0.142. The molecule has 1 aromatic rings. The van der Waals surface area contributed by atoms with Gasteiger partial charge in [0.25, 0.3) is 0 Å². The molecule has 1 fully saturated rings. The fraction of sp³-hybridized carbons (Fsp3) is 0.595. The number of hydrogen-bond donors (Lipinski definition) is 12. The van der Waals surface area contributed by atoms with E-state index >= 15 is 0 Å². The largest absolute Gasteiger partial charge is 0.508 e. The van der Waals surface area contributed by atoms with E-state index in [1.54, 1.807) is 20.1 Å². The third-order valence-electron chi connectivity index (χ3n) is 9.18. The van der Waals surface area contributed by atoms with Gasteiger partial charge in [-0.15, -0.1) is 0 Å². The van der Waals surface area contributed by atoms with Crippen LogP contribution in [0.15, 0.2) is 24.3 Å². The molecule has 8 amide bonds. The molecule has 0 unspecified atom stereocenters. The summed E-state index contributed by atoms with van der Waals surface area (Å²) in [6.45, 7) is 3.50. The van der Waals surface area contributed by atoms with E-state index in [0.29, 0.717) is 24.3 Å². The van der Waals surface area contributed by atoms with Crippen molar-refractivity contribution in [3.05, 3.63) is 29.8 Å². The third kappa shape index (κ3) is 17.5. The molecule has 22 heteroatoms. The van der Waals surface area contributed by atoms with E-state index in [4.69, 9.17) is 5.73 Å². The number of phenolic OH excluding ortho intramolecular Hbond substituents is 1. The lowest BCUT2D eigenvalue weighted by Gasteiger charge is -2.26. The molecule has 7 atom stereocenters. The number of carbonyl (C=O) groups excluding carboxylic acids is 8. The van der Waals surface area contributed by atoms with Gasteiger partial charge in [0.2, 0.25) is 47.3 Å². The summed E-state index contributed by atoms with van der Waals surface area (Å²) >= 11 is 1.39. The number of phenols is 1. The molecule has 1 aliphatic rings. The Labute approximate surface area is 345 Å². The molecule has 0 saturated carbocycles. The van der Waals surface area contributed by atoms with Crippen molar-refractivity contribution in [1.82, 2.24) is 42.5 Å². The number of hydrogen-bond acceptors (Lipinski definition) is 13. The molecular formula is C37H57N9O12S. The van der Waals surface area contributed by atoms with E-state index in [-0.39, 0.29) is 31.4 Å². The van der Waals surface area contributed by atoms with Crippen molar-refractivity contribution in [2.45, 2.75) is 102 Å². The van der Waals surface area contributed by atoms with Crippen LogP contribution in [0.25, 0.3) is 0 Å². The van der Waals surface area contributed by atoms with Gasteiger partial charge >= 0.3 is 5.97 Å². The summed E-state index contributed by atoms with van der Waals surface area (Å²) in [5, 5.41) is 49.2. The zero-order chi connectivity index (χ0) is 44.2. The molecule has 1 aromatic carbocycles. The first-order valence-electron chi connectivity index (χ1n) is 19.1. The summed E-state index contributed by atoms with van der Waals surface area (Å²) < 4.78 is 0. The highest BCUT2D eigenvalue weighted by atomic mass is 32.2. The van der Waals surface area contributed by atoms with Crippen molar-refractivity contribution in [2.24, 2.45) is 11.7 Å². The number of aliphatic hydroxyl groups is 1. The van der Waals surface area contributed by atoms with E-state index in [0.717, 1.165) is 6.42 Å². The van der Waals surface area contributed by atoms with Crippen LogP contribution in [0.4, 0.5) is 0 Å². The lowest BCUT2D eigenvalue weighted by Crippen LogP contribution is -2.59. The summed E-state index contributed by atoms with van der Waals surface area (Å²) in [5.41, 5.74) is 5.75.